The van der Waals surface area contributed by atoms with Gasteiger partial charge in [0, 0.05) is 35.8 Å². The summed E-state index contributed by atoms with van der Waals surface area (Å²) in [6.07, 6.45) is 5.86. The summed E-state index contributed by atoms with van der Waals surface area (Å²) in [5, 5.41) is 0. The van der Waals surface area contributed by atoms with Gasteiger partial charge in [-0.15, -0.1) is 0 Å². The van der Waals surface area contributed by atoms with Gasteiger partial charge in [-0.2, -0.15) is 0 Å². The van der Waals surface area contributed by atoms with Crippen LogP contribution in [0, 0.1) is 0 Å². The fourth-order valence-electron chi connectivity index (χ4n) is 3.88. The van der Waals surface area contributed by atoms with Crippen LogP contribution in [0.4, 0.5) is 0 Å². The minimum atomic E-state index is -0.0123. The number of amides is 1. The number of rotatable bonds is 5. The molecule has 144 valence electrons. The first-order valence-corrected chi connectivity index (χ1v) is 9.47. The van der Waals surface area contributed by atoms with E-state index in [0.29, 0.717) is 5.56 Å². The minimum absolute atomic E-state index is 0.0123. The second-order valence-corrected chi connectivity index (χ2v) is 6.90. The van der Waals surface area contributed by atoms with Crippen LogP contribution >= 0.6 is 0 Å². The van der Waals surface area contributed by atoms with Crippen molar-refractivity contribution in [3.63, 3.8) is 0 Å². The van der Waals surface area contributed by atoms with E-state index in [1.807, 2.05) is 76.5 Å². The van der Waals surface area contributed by atoms with Crippen LogP contribution < -0.4 is 9.47 Å². The number of likely N-dealkylation sites (tertiary alicyclic amines) is 1. The second kappa shape index (κ2) is 7.80. The zero-order chi connectivity index (χ0) is 19.5. The summed E-state index contributed by atoms with van der Waals surface area (Å²) in [4.78, 5) is 15.2. The third kappa shape index (κ3) is 3.36. The molecular formula is C23H24N2O3. The maximum atomic E-state index is 13.2. The largest absolute Gasteiger partial charge is 0.497 e. The molecule has 1 atom stereocenters. The Kier molecular flexibility index (Phi) is 5.06. The monoisotopic (exact) mass is 376 g/mol. The SMILES string of the molecule is COc1ccc(OC)c(C2CCCN2C(=O)c2ccc(-n3cccc3)cc2)c1. The van der Waals surface area contributed by atoms with E-state index < -0.39 is 0 Å². The second-order valence-electron chi connectivity index (χ2n) is 6.90. The van der Waals surface area contributed by atoms with Crippen molar-refractivity contribution in [3.8, 4) is 17.2 Å². The Morgan fingerprint density at radius 1 is 1.00 bits per heavy atom. The zero-order valence-corrected chi connectivity index (χ0v) is 16.2. The Hall–Kier alpha value is -3.21. The lowest BCUT2D eigenvalue weighted by Crippen LogP contribution is -2.30. The highest BCUT2D eigenvalue weighted by Gasteiger charge is 2.32. The Balaban J connectivity index is 1.61. The third-order valence-electron chi connectivity index (χ3n) is 5.33. The van der Waals surface area contributed by atoms with E-state index in [1.54, 1.807) is 14.2 Å². The lowest BCUT2D eigenvalue weighted by atomic mass is 10.0. The standard InChI is InChI=1S/C23H24N2O3/c1-27-19-11-12-22(28-2)20(16-19)21-6-5-15-25(21)23(26)17-7-9-18(10-8-17)24-13-3-4-14-24/h3-4,7-14,16,21H,5-6,15H2,1-2H3. The molecule has 0 saturated carbocycles. The third-order valence-corrected chi connectivity index (χ3v) is 5.33. The Labute approximate surface area is 165 Å². The van der Waals surface area contributed by atoms with Crippen LogP contribution in [0.3, 0.4) is 0 Å². The van der Waals surface area contributed by atoms with E-state index in [2.05, 4.69) is 0 Å². The predicted molar refractivity (Wildman–Crippen MR) is 108 cm³/mol. The van der Waals surface area contributed by atoms with Gasteiger partial charge in [-0.3, -0.25) is 4.79 Å². The van der Waals surface area contributed by atoms with E-state index in [1.165, 1.54) is 0 Å². The quantitative estimate of drug-likeness (QED) is 0.660. The molecule has 0 spiro atoms. The fraction of sp³-hybridized carbons (Fsp3) is 0.261. The number of aromatic nitrogens is 1. The van der Waals surface area contributed by atoms with Crippen LogP contribution in [0.15, 0.2) is 67.0 Å². The summed E-state index contributed by atoms with van der Waals surface area (Å²) in [5.74, 6) is 1.60. The Bertz CT molecular complexity index is 948. The van der Waals surface area contributed by atoms with Crippen LogP contribution in [0.25, 0.3) is 5.69 Å². The van der Waals surface area contributed by atoms with Gasteiger partial charge in [-0.05, 0) is 67.4 Å². The van der Waals surface area contributed by atoms with Crippen LogP contribution in [-0.4, -0.2) is 36.1 Å². The van der Waals surface area contributed by atoms with Crippen molar-refractivity contribution in [1.29, 1.82) is 0 Å². The van der Waals surface area contributed by atoms with Crippen LogP contribution in [0.1, 0.15) is 34.8 Å². The molecule has 5 heteroatoms. The van der Waals surface area contributed by atoms with Crippen molar-refractivity contribution < 1.29 is 14.3 Å². The number of carbonyl (C=O) groups excluding carboxylic acids is 1. The molecule has 1 unspecified atom stereocenters. The van der Waals surface area contributed by atoms with Gasteiger partial charge in [-0.25, -0.2) is 0 Å². The van der Waals surface area contributed by atoms with Crippen LogP contribution in [0.2, 0.25) is 0 Å². The maximum Gasteiger partial charge on any atom is 0.254 e. The first-order valence-electron chi connectivity index (χ1n) is 9.47. The van der Waals surface area contributed by atoms with Crippen molar-refractivity contribution in [1.82, 2.24) is 9.47 Å². The number of carbonyl (C=O) groups is 1. The molecule has 2 aromatic carbocycles. The highest BCUT2D eigenvalue weighted by molar-refractivity contribution is 5.95. The normalized spacial score (nSPS) is 16.2. The van der Waals surface area contributed by atoms with Gasteiger partial charge in [0.1, 0.15) is 11.5 Å². The van der Waals surface area contributed by atoms with E-state index in [4.69, 9.17) is 9.47 Å². The van der Waals surface area contributed by atoms with Gasteiger partial charge < -0.3 is 18.9 Å². The van der Waals surface area contributed by atoms with Gasteiger partial charge in [0.15, 0.2) is 0 Å². The van der Waals surface area contributed by atoms with Crippen molar-refractivity contribution in [2.75, 3.05) is 20.8 Å². The molecule has 0 radical (unpaired) electrons. The topological polar surface area (TPSA) is 43.7 Å². The number of hydrogen-bond acceptors (Lipinski definition) is 3. The summed E-state index contributed by atoms with van der Waals surface area (Å²) in [5.41, 5.74) is 2.73. The first-order chi connectivity index (χ1) is 13.7. The van der Waals surface area contributed by atoms with Crippen molar-refractivity contribution in [2.45, 2.75) is 18.9 Å². The molecule has 1 saturated heterocycles. The van der Waals surface area contributed by atoms with Gasteiger partial charge in [-0.1, -0.05) is 0 Å². The van der Waals surface area contributed by atoms with E-state index in [-0.39, 0.29) is 11.9 Å². The Morgan fingerprint density at radius 2 is 1.75 bits per heavy atom. The summed E-state index contributed by atoms with van der Waals surface area (Å²) >= 11 is 0. The fourth-order valence-corrected chi connectivity index (χ4v) is 3.88. The predicted octanol–water partition coefficient (Wildman–Crippen LogP) is 4.47. The highest BCUT2D eigenvalue weighted by Crippen LogP contribution is 2.39. The van der Waals surface area contributed by atoms with E-state index >= 15 is 0 Å². The van der Waals surface area contributed by atoms with E-state index in [9.17, 15) is 4.79 Å². The number of methoxy groups -OCH3 is 2. The minimum Gasteiger partial charge on any atom is -0.497 e. The molecule has 0 aliphatic carbocycles. The number of nitrogens with zero attached hydrogens (tertiary/aromatic N) is 2. The Morgan fingerprint density at radius 3 is 2.43 bits per heavy atom. The van der Waals surface area contributed by atoms with Crippen LogP contribution in [0.5, 0.6) is 11.5 Å². The number of ether oxygens (including phenoxy) is 2. The van der Waals surface area contributed by atoms with Gasteiger partial charge in [0.05, 0.1) is 20.3 Å². The van der Waals surface area contributed by atoms with Gasteiger partial charge >= 0.3 is 0 Å². The smallest absolute Gasteiger partial charge is 0.254 e. The molecule has 1 aliphatic rings. The summed E-state index contributed by atoms with van der Waals surface area (Å²) in [6, 6.07) is 17.5. The molecule has 4 rings (SSSR count). The molecule has 28 heavy (non-hydrogen) atoms. The van der Waals surface area contributed by atoms with Crippen molar-refractivity contribution in [3.05, 3.63) is 78.1 Å². The average molecular weight is 376 g/mol. The first kappa shape index (κ1) is 18.2. The maximum absolute atomic E-state index is 13.2. The summed E-state index contributed by atoms with van der Waals surface area (Å²) in [6.45, 7) is 0.739. The van der Waals surface area contributed by atoms with Gasteiger partial charge in [0.2, 0.25) is 0 Å². The lowest BCUT2D eigenvalue weighted by molar-refractivity contribution is 0.0734. The van der Waals surface area contributed by atoms with E-state index in [0.717, 1.165) is 42.1 Å². The molecule has 1 amide bonds. The molecule has 0 N–H and O–H groups in total. The molecule has 3 aromatic rings. The zero-order valence-electron chi connectivity index (χ0n) is 16.2. The van der Waals surface area contributed by atoms with Crippen molar-refractivity contribution in [2.24, 2.45) is 0 Å². The molecule has 1 aliphatic heterocycles. The summed E-state index contributed by atoms with van der Waals surface area (Å²) < 4.78 is 13.0. The molecule has 2 heterocycles. The molecular weight excluding hydrogens is 352 g/mol. The summed E-state index contributed by atoms with van der Waals surface area (Å²) in [7, 11) is 3.31. The van der Waals surface area contributed by atoms with Crippen LogP contribution in [-0.2, 0) is 0 Å². The highest BCUT2D eigenvalue weighted by atomic mass is 16.5. The molecule has 0 bridgehead atoms. The van der Waals surface area contributed by atoms with Crippen molar-refractivity contribution >= 4 is 5.91 Å². The average Bonchev–Trinajstić information content (AvgIpc) is 3.45. The molecule has 1 aromatic heterocycles. The number of hydrogen-bond donors (Lipinski definition) is 0. The number of benzene rings is 2. The molecule has 1 fully saturated rings. The van der Waals surface area contributed by atoms with Gasteiger partial charge in [0.25, 0.3) is 5.91 Å². The molecule has 5 nitrogen and oxygen atoms in total. The lowest BCUT2D eigenvalue weighted by Gasteiger charge is -2.27.